The lowest BCUT2D eigenvalue weighted by Gasteiger charge is -2.33. The van der Waals surface area contributed by atoms with Gasteiger partial charge in [0.05, 0.1) is 25.4 Å². The number of anilines is 2. The zero-order valence-corrected chi connectivity index (χ0v) is 31.4. The second kappa shape index (κ2) is 22.3. The molecule has 3 heterocycles. The number of nitrogens with zero attached hydrogens (tertiary/aromatic N) is 6. The van der Waals surface area contributed by atoms with Gasteiger partial charge in [0.25, 0.3) is 0 Å². The van der Waals surface area contributed by atoms with E-state index in [2.05, 4.69) is 36.3 Å². The number of hydrogen-bond acceptors (Lipinski definition) is 11. The van der Waals surface area contributed by atoms with E-state index in [4.69, 9.17) is 9.97 Å². The molecular formula is C39H62N10O3. The van der Waals surface area contributed by atoms with E-state index in [1.165, 1.54) is 39.2 Å². The number of rotatable bonds is 23. The summed E-state index contributed by atoms with van der Waals surface area (Å²) < 4.78 is 6.60. The van der Waals surface area contributed by atoms with Gasteiger partial charge in [-0.25, -0.2) is 4.98 Å². The predicted molar refractivity (Wildman–Crippen MR) is 206 cm³/mol. The number of carbonyl (C=O) groups excluding carboxylic acids is 2. The van der Waals surface area contributed by atoms with E-state index in [1.54, 1.807) is 0 Å². The van der Waals surface area contributed by atoms with E-state index in [0.29, 0.717) is 25.3 Å². The molecule has 52 heavy (non-hydrogen) atoms. The lowest BCUT2D eigenvalue weighted by molar-refractivity contribution is -0.140. The van der Waals surface area contributed by atoms with Crippen LogP contribution in [-0.2, 0) is 27.4 Å². The van der Waals surface area contributed by atoms with Crippen molar-refractivity contribution in [1.82, 2.24) is 40.5 Å². The third-order valence-electron chi connectivity index (χ3n) is 10.4. The van der Waals surface area contributed by atoms with Gasteiger partial charge < -0.3 is 30.9 Å². The Morgan fingerprint density at radius 2 is 1.58 bits per heavy atom. The molecular weight excluding hydrogens is 656 g/mol. The number of ether oxygens (including phenoxy) is 1. The molecule has 5 rings (SSSR count). The van der Waals surface area contributed by atoms with Crippen molar-refractivity contribution in [3.05, 3.63) is 36.2 Å². The Labute approximate surface area is 309 Å². The Hall–Kier alpha value is -3.84. The minimum atomic E-state index is -0.137. The third-order valence-corrected chi connectivity index (χ3v) is 10.4. The number of likely N-dealkylation sites (tertiary alicyclic amines) is 1. The molecule has 2 aliphatic rings. The predicted octanol–water partition coefficient (Wildman–Crippen LogP) is 5.82. The van der Waals surface area contributed by atoms with Gasteiger partial charge >= 0.3 is 5.97 Å². The highest BCUT2D eigenvalue weighted by atomic mass is 16.5. The second-order valence-electron chi connectivity index (χ2n) is 14.5. The molecule has 0 bridgehead atoms. The van der Waals surface area contributed by atoms with Gasteiger partial charge in [0.15, 0.2) is 0 Å². The number of nitrogens with one attached hydrogen (secondary N) is 4. The summed E-state index contributed by atoms with van der Waals surface area (Å²) in [4.78, 5) is 35.7. The normalized spacial score (nSPS) is 15.6. The highest BCUT2D eigenvalue weighted by Gasteiger charge is 2.23. The van der Waals surface area contributed by atoms with Crippen molar-refractivity contribution in [2.75, 3.05) is 50.5 Å². The van der Waals surface area contributed by atoms with Gasteiger partial charge in [-0.15, -0.1) is 5.10 Å². The van der Waals surface area contributed by atoms with Gasteiger partial charge in [-0.1, -0.05) is 62.3 Å². The second-order valence-corrected chi connectivity index (χ2v) is 14.5. The zero-order valence-electron chi connectivity index (χ0n) is 31.4. The Morgan fingerprint density at radius 1 is 0.827 bits per heavy atom. The van der Waals surface area contributed by atoms with Crippen LogP contribution in [0.2, 0.25) is 0 Å². The molecule has 1 aliphatic carbocycles. The summed E-state index contributed by atoms with van der Waals surface area (Å²) in [7, 11) is 1.43. The average Bonchev–Trinajstić information content (AvgIpc) is 3.64. The first-order chi connectivity index (χ1) is 25.6. The minimum absolute atomic E-state index is 0.137. The maximum Gasteiger partial charge on any atom is 0.305 e. The molecule has 13 heteroatoms. The number of methoxy groups -OCH3 is 1. The largest absolute Gasteiger partial charge is 0.469 e. The number of amides is 1. The Balaban J connectivity index is 0.979. The summed E-state index contributed by atoms with van der Waals surface area (Å²) in [5, 5.41) is 24.0. The highest BCUT2D eigenvalue weighted by Crippen LogP contribution is 2.25. The molecule has 1 aliphatic heterocycles. The van der Waals surface area contributed by atoms with Crippen LogP contribution in [-0.4, -0.2) is 93.7 Å². The topological polar surface area (TPSA) is 151 Å². The van der Waals surface area contributed by atoms with Gasteiger partial charge in [0, 0.05) is 49.9 Å². The SMILES string of the molecule is COC(=O)CCCCCCCCC(=O)N1CCC(Nc2nc(NCc3cn(CCCNCCCNC4CCCCC4)nn3)nc3ccccc23)CC1. The fourth-order valence-electron chi connectivity index (χ4n) is 7.26. The van der Waals surface area contributed by atoms with E-state index >= 15 is 0 Å². The van der Waals surface area contributed by atoms with Gasteiger partial charge in [-0.05, 0) is 83.1 Å². The molecule has 2 aromatic heterocycles. The quantitative estimate of drug-likeness (QED) is 0.0694. The number of aryl methyl sites for hydroxylation is 1. The molecule has 1 saturated heterocycles. The number of esters is 1. The van der Waals surface area contributed by atoms with E-state index in [9.17, 15) is 9.59 Å². The van der Waals surface area contributed by atoms with Crippen molar-refractivity contribution in [3.63, 3.8) is 0 Å². The monoisotopic (exact) mass is 719 g/mol. The first-order valence-electron chi connectivity index (χ1n) is 20.0. The van der Waals surface area contributed by atoms with Crippen molar-refractivity contribution in [2.24, 2.45) is 0 Å². The maximum atomic E-state index is 12.9. The maximum absolute atomic E-state index is 12.9. The molecule has 286 valence electrons. The minimum Gasteiger partial charge on any atom is -0.469 e. The van der Waals surface area contributed by atoms with Crippen molar-refractivity contribution >= 4 is 34.5 Å². The smallest absolute Gasteiger partial charge is 0.305 e. The molecule has 1 aromatic carbocycles. The number of piperidine rings is 1. The summed E-state index contributed by atoms with van der Waals surface area (Å²) >= 11 is 0. The van der Waals surface area contributed by atoms with Crippen molar-refractivity contribution < 1.29 is 14.3 Å². The van der Waals surface area contributed by atoms with Crippen molar-refractivity contribution in [3.8, 4) is 0 Å². The fraction of sp³-hybridized carbons (Fsp3) is 0.692. The summed E-state index contributed by atoms with van der Waals surface area (Å²) in [5.74, 6) is 1.48. The van der Waals surface area contributed by atoms with E-state index in [1.807, 2.05) is 40.0 Å². The summed E-state index contributed by atoms with van der Waals surface area (Å²) in [6, 6.07) is 9.03. The van der Waals surface area contributed by atoms with Crippen LogP contribution in [0.5, 0.6) is 0 Å². The van der Waals surface area contributed by atoms with E-state index in [0.717, 1.165) is 132 Å². The lowest BCUT2D eigenvalue weighted by Crippen LogP contribution is -2.42. The molecule has 3 aromatic rings. The first-order valence-corrected chi connectivity index (χ1v) is 20.0. The summed E-state index contributed by atoms with van der Waals surface area (Å²) in [6.07, 6.45) is 19.9. The molecule has 13 nitrogen and oxygen atoms in total. The third kappa shape index (κ3) is 13.6. The molecule has 4 N–H and O–H groups in total. The number of carbonyl (C=O) groups is 2. The van der Waals surface area contributed by atoms with E-state index < -0.39 is 0 Å². The van der Waals surface area contributed by atoms with Crippen LogP contribution in [0.3, 0.4) is 0 Å². The Kier molecular flexibility index (Phi) is 16.9. The molecule has 1 amide bonds. The van der Waals surface area contributed by atoms with Gasteiger partial charge in [-0.2, -0.15) is 4.98 Å². The van der Waals surface area contributed by atoms with Crippen LogP contribution in [0.1, 0.15) is 115 Å². The van der Waals surface area contributed by atoms with Crippen LogP contribution in [0.4, 0.5) is 11.8 Å². The fourth-order valence-corrected chi connectivity index (χ4v) is 7.26. The van der Waals surface area contributed by atoms with E-state index in [-0.39, 0.29) is 17.9 Å². The Morgan fingerprint density at radius 3 is 2.38 bits per heavy atom. The van der Waals surface area contributed by atoms with Crippen LogP contribution >= 0.6 is 0 Å². The summed E-state index contributed by atoms with van der Waals surface area (Å²) in [5.41, 5.74) is 1.72. The van der Waals surface area contributed by atoms with Gasteiger partial charge in [-0.3, -0.25) is 14.3 Å². The lowest BCUT2D eigenvalue weighted by atomic mass is 9.95. The van der Waals surface area contributed by atoms with Crippen LogP contribution < -0.4 is 21.3 Å². The van der Waals surface area contributed by atoms with Gasteiger partial charge in [0.2, 0.25) is 11.9 Å². The highest BCUT2D eigenvalue weighted by molar-refractivity contribution is 5.90. The standard InChI is InChI=1S/C39H62N10O3/c1-52-37(51)20-10-5-3-2-4-9-19-36(50)48-27-21-32(22-28-48)43-38-34-17-11-12-18-35(34)44-39(45-38)42-29-33-30-49(47-46-33)26-14-24-40-23-13-25-41-31-15-7-6-8-16-31/h11-12,17-18,30-32,40-41H,2-10,13-16,19-29H2,1H3,(H2,42,43,44,45). The van der Waals surface area contributed by atoms with Crippen LogP contribution in [0.15, 0.2) is 30.5 Å². The number of benzene rings is 1. The van der Waals surface area contributed by atoms with Crippen molar-refractivity contribution in [2.45, 2.75) is 134 Å². The molecule has 2 fully saturated rings. The van der Waals surface area contributed by atoms with Crippen LogP contribution in [0.25, 0.3) is 10.9 Å². The number of para-hydroxylation sites is 1. The number of fused-ring (bicyclic) bond motifs is 1. The summed E-state index contributed by atoms with van der Waals surface area (Å²) in [6.45, 7) is 5.92. The van der Waals surface area contributed by atoms with Gasteiger partial charge in [0.1, 0.15) is 11.5 Å². The number of aromatic nitrogens is 5. The Bertz CT molecular complexity index is 1490. The van der Waals surface area contributed by atoms with Crippen molar-refractivity contribution in [1.29, 1.82) is 0 Å². The molecule has 0 unspecified atom stereocenters. The molecule has 0 spiro atoms. The van der Waals surface area contributed by atoms with Crippen LogP contribution in [0, 0.1) is 0 Å². The zero-order chi connectivity index (χ0) is 36.2. The number of hydrogen-bond donors (Lipinski definition) is 4. The molecule has 0 radical (unpaired) electrons. The first kappa shape index (κ1) is 39.4. The average molecular weight is 719 g/mol. The number of unbranched alkanes of at least 4 members (excludes halogenated alkanes) is 5. The molecule has 0 atom stereocenters. The molecule has 1 saturated carbocycles.